The van der Waals surface area contributed by atoms with Crippen LogP contribution in [0.3, 0.4) is 0 Å². The van der Waals surface area contributed by atoms with Gasteiger partial charge in [0.1, 0.15) is 5.75 Å². The van der Waals surface area contributed by atoms with E-state index in [1.807, 2.05) is 24.4 Å². The lowest BCUT2D eigenvalue weighted by atomic mass is 10.0. The first-order valence-electron chi connectivity index (χ1n) is 9.92. The molecule has 2 heterocycles. The van der Waals surface area contributed by atoms with E-state index in [1.54, 1.807) is 18.4 Å². The Kier molecular flexibility index (Phi) is 4.82. The van der Waals surface area contributed by atoms with Crippen LogP contribution in [0.15, 0.2) is 91.1 Å². The molecule has 0 amide bonds. The summed E-state index contributed by atoms with van der Waals surface area (Å²) in [6.07, 6.45) is 1.96. The summed E-state index contributed by atoms with van der Waals surface area (Å²) in [4.78, 5) is 7.19. The molecule has 0 aliphatic rings. The van der Waals surface area contributed by atoms with Crippen molar-refractivity contribution in [3.8, 4) is 37.9 Å². The quantitative estimate of drug-likeness (QED) is 0.306. The molecule has 3 aromatic carbocycles. The highest BCUT2D eigenvalue weighted by atomic mass is 32.1. The van der Waals surface area contributed by atoms with E-state index in [0.29, 0.717) is 0 Å². The summed E-state index contributed by atoms with van der Waals surface area (Å²) in [5.41, 5.74) is 5.70. The Morgan fingerprint density at radius 2 is 1.57 bits per heavy atom. The van der Waals surface area contributed by atoms with Gasteiger partial charge < -0.3 is 4.74 Å². The minimum Gasteiger partial charge on any atom is -0.496 e. The zero-order valence-electron chi connectivity index (χ0n) is 16.9. The first-order valence-corrected chi connectivity index (χ1v) is 10.7. The number of thiophene rings is 1. The van der Waals surface area contributed by atoms with Crippen LogP contribution in [0.2, 0.25) is 0 Å². The molecule has 0 saturated heterocycles. The zero-order valence-corrected chi connectivity index (χ0v) is 17.7. The molecule has 2 aromatic heterocycles. The molecular weight excluding hydrogens is 386 g/mol. The lowest BCUT2D eigenvalue weighted by molar-refractivity contribution is 0.416. The van der Waals surface area contributed by atoms with E-state index in [4.69, 9.17) is 9.72 Å². The third-order valence-electron chi connectivity index (χ3n) is 5.30. The number of hydrogen-bond acceptors (Lipinski definition) is 3. The molecule has 0 atom stereocenters. The lowest BCUT2D eigenvalue weighted by Crippen LogP contribution is -1.88. The Bertz CT molecular complexity index is 1350. The van der Waals surface area contributed by atoms with Gasteiger partial charge in [0.05, 0.1) is 17.7 Å². The summed E-state index contributed by atoms with van der Waals surface area (Å²) in [6, 6.07) is 29.6. The molecule has 0 fully saturated rings. The van der Waals surface area contributed by atoms with E-state index in [-0.39, 0.29) is 0 Å². The molecule has 0 aliphatic heterocycles. The van der Waals surface area contributed by atoms with Gasteiger partial charge in [-0.15, -0.1) is 11.3 Å². The number of pyridine rings is 1. The van der Waals surface area contributed by atoms with Gasteiger partial charge in [0.25, 0.3) is 0 Å². The minimum absolute atomic E-state index is 0.869. The average Bonchev–Trinajstić information content (AvgIpc) is 3.24. The van der Waals surface area contributed by atoms with Gasteiger partial charge in [-0.05, 0) is 36.1 Å². The van der Waals surface area contributed by atoms with Crippen LogP contribution in [-0.4, -0.2) is 12.1 Å². The lowest BCUT2D eigenvalue weighted by Gasteiger charge is -2.09. The van der Waals surface area contributed by atoms with Gasteiger partial charge in [0.2, 0.25) is 0 Å². The first-order chi connectivity index (χ1) is 14.7. The van der Waals surface area contributed by atoms with E-state index in [9.17, 15) is 0 Å². The van der Waals surface area contributed by atoms with Gasteiger partial charge in [-0.1, -0.05) is 72.3 Å². The standard InChI is InChI=1S/C27H21NOS/c1-18-8-7-11-20(14-18)26-16-23(22-12-5-6-13-25(22)29-2)27(30-26)24-15-19-9-3-4-10-21(19)17-28-24/h3-17H,1-2H3. The van der Waals surface area contributed by atoms with Crippen LogP contribution >= 0.6 is 11.3 Å². The summed E-state index contributed by atoms with van der Waals surface area (Å²) in [5, 5.41) is 2.34. The van der Waals surface area contributed by atoms with Crippen LogP contribution in [-0.2, 0) is 0 Å². The molecule has 0 bridgehead atoms. The molecule has 5 rings (SSSR count). The second kappa shape index (κ2) is 7.77. The molecule has 0 unspecified atom stereocenters. The van der Waals surface area contributed by atoms with Gasteiger partial charge in [-0.3, -0.25) is 4.98 Å². The monoisotopic (exact) mass is 407 g/mol. The molecule has 5 aromatic rings. The second-order valence-corrected chi connectivity index (χ2v) is 8.39. The molecule has 0 radical (unpaired) electrons. The SMILES string of the molecule is COc1ccccc1-c1cc(-c2cccc(C)c2)sc1-c1cc2ccccc2cn1. The Morgan fingerprint density at radius 1 is 0.767 bits per heavy atom. The van der Waals surface area contributed by atoms with Crippen molar-refractivity contribution in [2.75, 3.05) is 7.11 Å². The normalized spacial score (nSPS) is 11.0. The Balaban J connectivity index is 1.75. The van der Waals surface area contributed by atoms with Crippen molar-refractivity contribution >= 4 is 22.1 Å². The summed E-state index contributed by atoms with van der Waals surface area (Å²) in [5.74, 6) is 0.869. The highest BCUT2D eigenvalue weighted by Gasteiger charge is 2.18. The first kappa shape index (κ1) is 18.6. The fourth-order valence-corrected chi connectivity index (χ4v) is 4.93. The zero-order chi connectivity index (χ0) is 20.5. The summed E-state index contributed by atoms with van der Waals surface area (Å²) >= 11 is 1.78. The number of para-hydroxylation sites is 1. The molecule has 30 heavy (non-hydrogen) atoms. The van der Waals surface area contributed by atoms with Gasteiger partial charge >= 0.3 is 0 Å². The molecule has 2 nitrogen and oxygen atoms in total. The van der Waals surface area contributed by atoms with Crippen molar-refractivity contribution in [3.63, 3.8) is 0 Å². The topological polar surface area (TPSA) is 22.1 Å². The number of aryl methyl sites for hydroxylation is 1. The van der Waals surface area contributed by atoms with Crippen molar-refractivity contribution in [2.45, 2.75) is 6.92 Å². The number of nitrogens with zero attached hydrogens (tertiary/aromatic N) is 1. The highest BCUT2D eigenvalue weighted by molar-refractivity contribution is 7.19. The van der Waals surface area contributed by atoms with E-state index in [2.05, 4.69) is 73.7 Å². The van der Waals surface area contributed by atoms with E-state index in [0.717, 1.165) is 32.8 Å². The van der Waals surface area contributed by atoms with Crippen molar-refractivity contribution in [1.29, 1.82) is 0 Å². The fourth-order valence-electron chi connectivity index (χ4n) is 3.80. The molecular formula is C27H21NOS. The number of rotatable bonds is 4. The maximum absolute atomic E-state index is 5.68. The smallest absolute Gasteiger partial charge is 0.126 e. The fraction of sp³-hybridized carbons (Fsp3) is 0.0741. The van der Waals surface area contributed by atoms with Crippen LogP contribution in [0.4, 0.5) is 0 Å². The van der Waals surface area contributed by atoms with Gasteiger partial charge in [-0.2, -0.15) is 0 Å². The van der Waals surface area contributed by atoms with Crippen LogP contribution in [0.5, 0.6) is 5.75 Å². The Morgan fingerprint density at radius 3 is 2.40 bits per heavy atom. The molecule has 0 aliphatic carbocycles. The van der Waals surface area contributed by atoms with E-state index >= 15 is 0 Å². The average molecular weight is 408 g/mol. The number of fused-ring (bicyclic) bond motifs is 1. The molecule has 0 spiro atoms. The van der Waals surface area contributed by atoms with Gasteiger partial charge in [0.15, 0.2) is 0 Å². The summed E-state index contributed by atoms with van der Waals surface area (Å²) in [6.45, 7) is 2.13. The number of methoxy groups -OCH3 is 1. The number of aromatic nitrogens is 1. The van der Waals surface area contributed by atoms with Crippen molar-refractivity contribution in [2.24, 2.45) is 0 Å². The van der Waals surface area contributed by atoms with Crippen LogP contribution in [0.1, 0.15) is 5.56 Å². The van der Waals surface area contributed by atoms with Crippen LogP contribution in [0, 0.1) is 6.92 Å². The molecule has 0 N–H and O–H groups in total. The van der Waals surface area contributed by atoms with Crippen molar-refractivity contribution in [3.05, 3.63) is 96.7 Å². The third-order valence-corrected chi connectivity index (χ3v) is 6.50. The molecule has 146 valence electrons. The number of ether oxygens (including phenoxy) is 1. The predicted octanol–water partition coefficient (Wildman–Crippen LogP) is 7.61. The maximum Gasteiger partial charge on any atom is 0.126 e. The molecule has 0 saturated carbocycles. The number of benzene rings is 3. The minimum atomic E-state index is 0.869. The molecule has 3 heteroatoms. The van der Waals surface area contributed by atoms with Gasteiger partial charge in [-0.25, -0.2) is 0 Å². The van der Waals surface area contributed by atoms with Crippen LogP contribution in [0.25, 0.3) is 42.9 Å². The van der Waals surface area contributed by atoms with Gasteiger partial charge in [0, 0.05) is 27.6 Å². The number of hydrogen-bond donors (Lipinski definition) is 0. The Hall–Kier alpha value is -3.43. The summed E-state index contributed by atoms with van der Waals surface area (Å²) in [7, 11) is 1.72. The van der Waals surface area contributed by atoms with E-state index in [1.165, 1.54) is 21.4 Å². The highest BCUT2D eigenvalue weighted by Crippen LogP contribution is 2.45. The summed E-state index contributed by atoms with van der Waals surface area (Å²) < 4.78 is 5.68. The largest absolute Gasteiger partial charge is 0.496 e. The van der Waals surface area contributed by atoms with Crippen molar-refractivity contribution in [1.82, 2.24) is 4.98 Å². The van der Waals surface area contributed by atoms with E-state index < -0.39 is 0 Å². The van der Waals surface area contributed by atoms with Crippen LogP contribution < -0.4 is 4.74 Å². The third kappa shape index (κ3) is 3.38. The Labute approximate surface area is 180 Å². The van der Waals surface area contributed by atoms with Crippen molar-refractivity contribution < 1.29 is 4.74 Å². The maximum atomic E-state index is 5.68. The second-order valence-electron chi connectivity index (χ2n) is 7.34. The predicted molar refractivity (Wildman–Crippen MR) is 127 cm³/mol.